The van der Waals surface area contributed by atoms with Crippen molar-refractivity contribution in [2.24, 2.45) is 7.05 Å². The maximum atomic E-state index is 10.7. The van der Waals surface area contributed by atoms with Gasteiger partial charge in [-0.3, -0.25) is 0 Å². The van der Waals surface area contributed by atoms with Gasteiger partial charge in [0.1, 0.15) is 22.9 Å². The number of nitrogens with zero attached hydrogens (tertiary/aromatic N) is 2. The van der Waals surface area contributed by atoms with Crippen molar-refractivity contribution in [2.75, 3.05) is 6.54 Å². The molecular weight excluding hydrogens is 290 g/mol. The fraction of sp³-hybridized carbons (Fsp3) is 0.389. The molecule has 1 aromatic carbocycles. The Balaban J connectivity index is 1.70. The highest BCUT2D eigenvalue weighted by molar-refractivity contribution is 5.75. The maximum absolute atomic E-state index is 10.7. The van der Waals surface area contributed by atoms with Crippen molar-refractivity contribution in [2.45, 2.75) is 32.9 Å². The fourth-order valence-corrected chi connectivity index (χ4v) is 3.03. The lowest BCUT2D eigenvalue weighted by molar-refractivity contribution is 0.0549. The van der Waals surface area contributed by atoms with E-state index in [1.165, 1.54) is 0 Å². The summed E-state index contributed by atoms with van der Waals surface area (Å²) in [6.07, 6.45) is 0. The second-order valence-electron chi connectivity index (χ2n) is 6.28. The van der Waals surface area contributed by atoms with Gasteiger partial charge in [0.25, 0.3) is 0 Å². The molecule has 0 aliphatic carbocycles. The zero-order valence-corrected chi connectivity index (χ0v) is 14.1. The molecule has 3 rings (SSSR count). The molecular formula is C18H23N3O2. The minimum Gasteiger partial charge on any atom is -0.466 e. The van der Waals surface area contributed by atoms with Gasteiger partial charge in [0, 0.05) is 19.2 Å². The third-order valence-corrected chi connectivity index (χ3v) is 4.25. The van der Waals surface area contributed by atoms with Crippen molar-refractivity contribution in [1.82, 2.24) is 14.9 Å². The van der Waals surface area contributed by atoms with E-state index in [1.807, 2.05) is 45.2 Å². The molecule has 0 radical (unpaired) electrons. The summed E-state index contributed by atoms with van der Waals surface area (Å²) in [4.78, 5) is 4.63. The van der Waals surface area contributed by atoms with Gasteiger partial charge in [-0.2, -0.15) is 0 Å². The van der Waals surface area contributed by atoms with E-state index in [0.717, 1.165) is 33.9 Å². The summed E-state index contributed by atoms with van der Waals surface area (Å²) in [5.41, 5.74) is 1.94. The van der Waals surface area contributed by atoms with E-state index < -0.39 is 5.60 Å². The van der Waals surface area contributed by atoms with E-state index >= 15 is 0 Å². The highest BCUT2D eigenvalue weighted by atomic mass is 16.3. The summed E-state index contributed by atoms with van der Waals surface area (Å²) >= 11 is 0. The molecule has 122 valence electrons. The van der Waals surface area contributed by atoms with Gasteiger partial charge in [0.15, 0.2) is 0 Å². The van der Waals surface area contributed by atoms with Crippen LogP contribution in [0.1, 0.15) is 29.8 Å². The number of nitrogens with one attached hydrogen (secondary N) is 1. The van der Waals surface area contributed by atoms with E-state index in [2.05, 4.69) is 20.9 Å². The van der Waals surface area contributed by atoms with Gasteiger partial charge in [-0.15, -0.1) is 0 Å². The average molecular weight is 313 g/mol. The van der Waals surface area contributed by atoms with E-state index in [9.17, 15) is 5.11 Å². The molecule has 23 heavy (non-hydrogen) atoms. The topological polar surface area (TPSA) is 63.2 Å². The Kier molecular flexibility index (Phi) is 4.00. The Morgan fingerprint density at radius 1 is 1.30 bits per heavy atom. The van der Waals surface area contributed by atoms with Crippen LogP contribution in [-0.4, -0.2) is 21.2 Å². The molecule has 0 bridgehead atoms. The molecule has 0 saturated heterocycles. The Morgan fingerprint density at radius 2 is 2.04 bits per heavy atom. The average Bonchev–Trinajstić information content (AvgIpc) is 3.00. The van der Waals surface area contributed by atoms with Crippen LogP contribution in [0.25, 0.3) is 11.0 Å². The maximum Gasteiger partial charge on any atom is 0.123 e. The molecule has 0 fully saturated rings. The lowest BCUT2D eigenvalue weighted by Crippen LogP contribution is -2.35. The van der Waals surface area contributed by atoms with E-state index in [-0.39, 0.29) is 0 Å². The molecule has 1 unspecified atom stereocenters. The SMILES string of the molecule is Cc1cc(C(C)(O)CNCc2nc3ccccc3n2C)c(C)o1. The molecule has 0 spiro atoms. The van der Waals surface area contributed by atoms with Gasteiger partial charge in [-0.05, 0) is 39.0 Å². The molecule has 1 atom stereocenters. The Labute approximate surface area is 136 Å². The number of hydrogen-bond donors (Lipinski definition) is 2. The van der Waals surface area contributed by atoms with Crippen molar-refractivity contribution in [1.29, 1.82) is 0 Å². The number of fused-ring (bicyclic) bond motifs is 1. The van der Waals surface area contributed by atoms with Crippen LogP contribution in [-0.2, 0) is 19.2 Å². The number of aliphatic hydroxyl groups is 1. The minimum absolute atomic E-state index is 0.427. The van der Waals surface area contributed by atoms with Crippen LogP contribution >= 0.6 is 0 Å². The summed E-state index contributed by atoms with van der Waals surface area (Å²) in [5, 5.41) is 14.0. The molecule has 2 N–H and O–H groups in total. The smallest absolute Gasteiger partial charge is 0.123 e. The standard InChI is InChI=1S/C18H23N3O2/c1-12-9-14(13(2)23-12)18(3,22)11-19-10-17-20-15-7-5-6-8-16(15)21(17)4/h5-9,19,22H,10-11H2,1-4H3. The van der Waals surface area contributed by atoms with Crippen molar-refractivity contribution < 1.29 is 9.52 Å². The highest BCUT2D eigenvalue weighted by Gasteiger charge is 2.27. The van der Waals surface area contributed by atoms with Gasteiger partial charge in [-0.1, -0.05) is 12.1 Å². The summed E-state index contributed by atoms with van der Waals surface area (Å²) in [7, 11) is 2.01. The van der Waals surface area contributed by atoms with Crippen LogP contribution < -0.4 is 5.32 Å². The van der Waals surface area contributed by atoms with Gasteiger partial charge >= 0.3 is 0 Å². The minimum atomic E-state index is -0.980. The largest absolute Gasteiger partial charge is 0.466 e. The molecule has 2 aromatic heterocycles. The Bertz CT molecular complexity index is 830. The number of aromatic nitrogens is 2. The monoisotopic (exact) mass is 313 g/mol. The number of hydrogen-bond acceptors (Lipinski definition) is 4. The lowest BCUT2D eigenvalue weighted by atomic mass is 9.96. The van der Waals surface area contributed by atoms with Gasteiger partial charge < -0.3 is 19.4 Å². The molecule has 5 nitrogen and oxygen atoms in total. The van der Waals surface area contributed by atoms with Crippen LogP contribution in [0, 0.1) is 13.8 Å². The van der Waals surface area contributed by atoms with Crippen LogP contribution in [0.15, 0.2) is 34.7 Å². The van der Waals surface area contributed by atoms with Crippen molar-refractivity contribution in [3.8, 4) is 0 Å². The second-order valence-corrected chi connectivity index (χ2v) is 6.28. The first-order chi connectivity index (χ1) is 10.9. The predicted molar refractivity (Wildman–Crippen MR) is 90.2 cm³/mol. The van der Waals surface area contributed by atoms with E-state index in [1.54, 1.807) is 6.92 Å². The number of rotatable bonds is 5. The van der Waals surface area contributed by atoms with Crippen LogP contribution in [0.4, 0.5) is 0 Å². The summed E-state index contributed by atoms with van der Waals surface area (Å²) in [6.45, 7) is 6.58. The number of furan rings is 1. The molecule has 0 aliphatic rings. The lowest BCUT2D eigenvalue weighted by Gasteiger charge is -2.23. The van der Waals surface area contributed by atoms with Crippen LogP contribution in [0.2, 0.25) is 0 Å². The quantitative estimate of drug-likeness (QED) is 0.760. The number of imidazole rings is 1. The fourth-order valence-electron chi connectivity index (χ4n) is 3.03. The third kappa shape index (κ3) is 3.02. The summed E-state index contributed by atoms with van der Waals surface area (Å²) < 4.78 is 7.59. The molecule has 0 saturated carbocycles. The number of para-hydroxylation sites is 2. The predicted octanol–water partition coefficient (Wildman–Crippen LogP) is 2.78. The second kappa shape index (κ2) is 5.83. The van der Waals surface area contributed by atoms with Gasteiger partial charge in [-0.25, -0.2) is 4.98 Å². The van der Waals surface area contributed by atoms with Gasteiger partial charge in [0.05, 0.1) is 17.6 Å². The Hall–Kier alpha value is -2.11. The van der Waals surface area contributed by atoms with Crippen LogP contribution in [0.5, 0.6) is 0 Å². The van der Waals surface area contributed by atoms with Gasteiger partial charge in [0.2, 0.25) is 0 Å². The summed E-state index contributed by atoms with van der Waals surface area (Å²) in [5.74, 6) is 2.52. The Morgan fingerprint density at radius 3 is 2.70 bits per heavy atom. The van der Waals surface area contributed by atoms with Crippen LogP contribution in [0.3, 0.4) is 0 Å². The van der Waals surface area contributed by atoms with E-state index in [4.69, 9.17) is 4.42 Å². The molecule has 5 heteroatoms. The zero-order chi connectivity index (χ0) is 16.6. The van der Waals surface area contributed by atoms with Crippen molar-refractivity contribution >= 4 is 11.0 Å². The first-order valence-electron chi connectivity index (χ1n) is 7.79. The number of benzene rings is 1. The molecule has 3 aromatic rings. The normalized spacial score (nSPS) is 14.3. The van der Waals surface area contributed by atoms with Crippen molar-refractivity contribution in [3.63, 3.8) is 0 Å². The third-order valence-electron chi connectivity index (χ3n) is 4.25. The summed E-state index contributed by atoms with van der Waals surface area (Å²) in [6, 6.07) is 9.95. The molecule has 2 heterocycles. The zero-order valence-electron chi connectivity index (χ0n) is 14.1. The first kappa shape index (κ1) is 15.8. The van der Waals surface area contributed by atoms with Crippen molar-refractivity contribution in [3.05, 3.63) is 53.2 Å². The molecule has 0 aliphatic heterocycles. The first-order valence-corrected chi connectivity index (χ1v) is 7.79. The van der Waals surface area contributed by atoms with E-state index in [0.29, 0.717) is 13.1 Å². The number of aryl methyl sites for hydroxylation is 3. The highest BCUT2D eigenvalue weighted by Crippen LogP contribution is 2.26. The molecule has 0 amide bonds.